The highest BCUT2D eigenvalue weighted by Crippen LogP contribution is 2.34. The van der Waals surface area contributed by atoms with Crippen LogP contribution in [-0.2, 0) is 26.2 Å². The lowest BCUT2D eigenvalue weighted by Gasteiger charge is -2.34. The van der Waals surface area contributed by atoms with Gasteiger partial charge < -0.3 is 15.0 Å². The lowest BCUT2D eigenvalue weighted by atomic mass is 10.1. The molecule has 2 amide bonds. The van der Waals surface area contributed by atoms with Crippen LogP contribution in [0.5, 0.6) is 5.75 Å². The number of hydrogen-bond donors (Lipinski definition) is 1. The van der Waals surface area contributed by atoms with Gasteiger partial charge in [0, 0.05) is 27.5 Å². The number of ether oxygens (including phenoxy) is 1. The molecule has 0 heterocycles. The molecule has 1 saturated carbocycles. The first kappa shape index (κ1) is 34.9. The first-order valence-corrected chi connectivity index (χ1v) is 18.4. The molecule has 0 saturated heterocycles. The Morgan fingerprint density at radius 2 is 1.71 bits per heavy atom. The normalized spacial score (nSPS) is 14.2. The van der Waals surface area contributed by atoms with E-state index < -0.39 is 28.5 Å². The Balaban J connectivity index is 1.77. The lowest BCUT2D eigenvalue weighted by Crippen LogP contribution is -2.53. The molecule has 4 rings (SSSR count). The number of nitrogens with one attached hydrogen (secondary N) is 1. The molecule has 0 unspecified atom stereocenters. The largest absolute Gasteiger partial charge is 0.492 e. The Kier molecular flexibility index (Phi) is 12.5. The maximum Gasteiger partial charge on any atom is 0.264 e. The number of rotatable bonds is 14. The molecule has 0 aromatic heterocycles. The van der Waals surface area contributed by atoms with Gasteiger partial charge in [-0.1, -0.05) is 61.2 Å². The van der Waals surface area contributed by atoms with Crippen molar-refractivity contribution in [2.45, 2.75) is 74.4 Å². The summed E-state index contributed by atoms with van der Waals surface area (Å²) in [5.41, 5.74) is 0.799. The van der Waals surface area contributed by atoms with Gasteiger partial charge in [-0.2, -0.15) is 0 Å². The molecule has 1 fully saturated rings. The van der Waals surface area contributed by atoms with Crippen LogP contribution in [0.4, 0.5) is 5.69 Å². The first-order chi connectivity index (χ1) is 21.6. The molecule has 45 heavy (non-hydrogen) atoms. The second-order valence-corrected chi connectivity index (χ2v) is 14.3. The zero-order valence-electron chi connectivity index (χ0n) is 25.7. The van der Waals surface area contributed by atoms with E-state index in [4.69, 9.17) is 27.9 Å². The van der Waals surface area contributed by atoms with Crippen LogP contribution in [0.3, 0.4) is 0 Å². The van der Waals surface area contributed by atoms with Gasteiger partial charge in [0.05, 0.1) is 17.2 Å². The van der Waals surface area contributed by atoms with E-state index in [2.05, 4.69) is 5.32 Å². The smallest absolute Gasteiger partial charge is 0.264 e. The number of para-hydroxylation sites is 2. The summed E-state index contributed by atoms with van der Waals surface area (Å²) >= 11 is 14.2. The van der Waals surface area contributed by atoms with Gasteiger partial charge in [0.25, 0.3) is 10.0 Å². The molecule has 242 valence electrons. The Bertz CT molecular complexity index is 1580. The van der Waals surface area contributed by atoms with Crippen molar-refractivity contribution < 1.29 is 22.7 Å². The molecule has 3 aromatic carbocycles. The molecule has 1 aliphatic carbocycles. The average Bonchev–Trinajstić information content (AvgIpc) is 3.54. The molecular weight excluding hydrogens is 653 g/mol. The number of sulfonamides is 1. The molecule has 12 heteroatoms. The van der Waals surface area contributed by atoms with Gasteiger partial charge in [-0.05, 0) is 86.5 Å². The van der Waals surface area contributed by atoms with E-state index in [1.54, 1.807) is 61.5 Å². The second-order valence-electron chi connectivity index (χ2n) is 10.8. The van der Waals surface area contributed by atoms with Gasteiger partial charge in [0.1, 0.15) is 18.3 Å². The Morgan fingerprint density at radius 3 is 2.33 bits per heavy atom. The van der Waals surface area contributed by atoms with Crippen LogP contribution in [0.15, 0.2) is 76.5 Å². The Labute approximate surface area is 280 Å². The van der Waals surface area contributed by atoms with Crippen molar-refractivity contribution in [3.8, 4) is 5.75 Å². The van der Waals surface area contributed by atoms with Gasteiger partial charge in [0.2, 0.25) is 11.8 Å². The summed E-state index contributed by atoms with van der Waals surface area (Å²) in [5, 5.41) is 3.89. The van der Waals surface area contributed by atoms with Gasteiger partial charge in [0.15, 0.2) is 0 Å². The monoisotopic (exact) mass is 691 g/mol. The fourth-order valence-electron chi connectivity index (χ4n) is 5.45. The van der Waals surface area contributed by atoms with E-state index in [0.717, 1.165) is 34.9 Å². The molecule has 8 nitrogen and oxygen atoms in total. The van der Waals surface area contributed by atoms with Crippen LogP contribution in [0, 0.1) is 0 Å². The van der Waals surface area contributed by atoms with Gasteiger partial charge in [-0.15, -0.1) is 11.8 Å². The van der Waals surface area contributed by atoms with Crippen molar-refractivity contribution in [3.05, 3.63) is 82.3 Å². The van der Waals surface area contributed by atoms with E-state index in [0.29, 0.717) is 34.4 Å². The summed E-state index contributed by atoms with van der Waals surface area (Å²) in [6.45, 7) is 3.33. The Hall–Kier alpha value is -2.92. The summed E-state index contributed by atoms with van der Waals surface area (Å²) in [6, 6.07) is 17.3. The SMILES string of the molecule is CCOc1ccccc1N(CC(=O)N(Cc1ccc(Cl)cc1Cl)[C@H](CC)C(=O)NC1CCCC1)S(=O)(=O)c1ccc(SC)cc1. The highest BCUT2D eigenvalue weighted by atomic mass is 35.5. The lowest BCUT2D eigenvalue weighted by molar-refractivity contribution is -0.140. The summed E-state index contributed by atoms with van der Waals surface area (Å²) < 4.78 is 35.4. The molecule has 1 aliphatic rings. The van der Waals surface area contributed by atoms with Crippen molar-refractivity contribution in [1.29, 1.82) is 0 Å². The van der Waals surface area contributed by atoms with Crippen molar-refractivity contribution in [2.75, 3.05) is 23.7 Å². The topological polar surface area (TPSA) is 96.0 Å². The third-order valence-electron chi connectivity index (χ3n) is 7.80. The number of thioether (sulfide) groups is 1. The van der Waals surface area contributed by atoms with E-state index >= 15 is 0 Å². The highest BCUT2D eigenvalue weighted by Gasteiger charge is 2.35. The van der Waals surface area contributed by atoms with Crippen LogP contribution in [0.2, 0.25) is 10.0 Å². The number of amides is 2. The van der Waals surface area contributed by atoms with Gasteiger partial charge >= 0.3 is 0 Å². The van der Waals surface area contributed by atoms with E-state index in [-0.39, 0.29) is 29.1 Å². The quantitative estimate of drug-likeness (QED) is 0.180. The first-order valence-electron chi connectivity index (χ1n) is 15.0. The summed E-state index contributed by atoms with van der Waals surface area (Å²) in [5.74, 6) is -0.528. The van der Waals surface area contributed by atoms with E-state index in [9.17, 15) is 18.0 Å². The maximum atomic E-state index is 14.4. The molecule has 1 atom stereocenters. The number of benzene rings is 3. The predicted molar refractivity (Wildman–Crippen MR) is 182 cm³/mol. The van der Waals surface area contributed by atoms with E-state index in [1.165, 1.54) is 28.8 Å². The minimum absolute atomic E-state index is 0.0190. The summed E-state index contributed by atoms with van der Waals surface area (Å²) in [4.78, 5) is 30.4. The van der Waals surface area contributed by atoms with Crippen molar-refractivity contribution in [2.24, 2.45) is 0 Å². The highest BCUT2D eigenvalue weighted by molar-refractivity contribution is 7.98. The predicted octanol–water partition coefficient (Wildman–Crippen LogP) is 7.18. The van der Waals surface area contributed by atoms with Crippen LogP contribution in [0.1, 0.15) is 51.5 Å². The fourth-order valence-corrected chi connectivity index (χ4v) is 7.75. The fraction of sp³-hybridized carbons (Fsp3) is 0.394. The molecule has 3 aromatic rings. The van der Waals surface area contributed by atoms with Crippen LogP contribution in [-0.4, -0.2) is 56.6 Å². The molecule has 0 spiro atoms. The number of carbonyl (C=O) groups excluding carboxylic acids is 2. The van der Waals surface area contributed by atoms with Crippen LogP contribution < -0.4 is 14.4 Å². The van der Waals surface area contributed by atoms with Crippen LogP contribution >= 0.6 is 35.0 Å². The minimum Gasteiger partial charge on any atom is -0.492 e. The van der Waals surface area contributed by atoms with E-state index in [1.807, 2.05) is 13.2 Å². The van der Waals surface area contributed by atoms with Gasteiger partial charge in [-0.3, -0.25) is 13.9 Å². The zero-order valence-corrected chi connectivity index (χ0v) is 28.8. The standard InChI is InChI=1S/C33H39Cl2N3O5S2/c1-4-29(33(40)36-25-10-6-7-11-25)37(21-23-14-15-24(34)20-28(23)35)32(39)22-38(30-12-8-9-13-31(30)43-5-2)45(41,42)27-18-16-26(44-3)17-19-27/h8-9,12-20,25,29H,4-7,10-11,21-22H2,1-3H3,(H,36,40)/t29-/m1/s1. The maximum absolute atomic E-state index is 14.4. The number of halogens is 2. The number of anilines is 1. The van der Waals surface area contributed by atoms with Crippen molar-refractivity contribution in [3.63, 3.8) is 0 Å². The molecule has 0 aliphatic heterocycles. The minimum atomic E-state index is -4.25. The number of carbonyl (C=O) groups is 2. The molecule has 0 radical (unpaired) electrons. The molecule has 0 bridgehead atoms. The summed E-state index contributed by atoms with van der Waals surface area (Å²) in [7, 11) is -4.25. The summed E-state index contributed by atoms with van der Waals surface area (Å²) in [6.07, 6.45) is 6.06. The number of hydrogen-bond acceptors (Lipinski definition) is 6. The van der Waals surface area contributed by atoms with Crippen molar-refractivity contribution in [1.82, 2.24) is 10.2 Å². The molecular formula is C33H39Cl2N3O5S2. The second kappa shape index (κ2) is 16.1. The van der Waals surface area contributed by atoms with Crippen molar-refractivity contribution >= 4 is 62.5 Å². The molecule has 1 N–H and O–H groups in total. The number of nitrogens with zero attached hydrogens (tertiary/aromatic N) is 2. The third-order valence-corrected chi connectivity index (χ3v) is 10.9. The van der Waals surface area contributed by atoms with Crippen LogP contribution in [0.25, 0.3) is 0 Å². The Morgan fingerprint density at radius 1 is 1.02 bits per heavy atom. The van der Waals surface area contributed by atoms with Gasteiger partial charge in [-0.25, -0.2) is 8.42 Å². The zero-order chi connectivity index (χ0) is 32.6. The third kappa shape index (κ3) is 8.67. The average molecular weight is 693 g/mol.